The lowest BCUT2D eigenvalue weighted by molar-refractivity contribution is -0.270. The Bertz CT molecular complexity index is 1410. The maximum absolute atomic E-state index is 14.8. The second kappa shape index (κ2) is 11.0. The standard InChI is InChI=1S/C26H31F5N4O6S/c1-25(2,3)41-24(36)32-19-9-21(23(26(29,30)31)40-22(19)17-8-15(27)4-5-18(17)28)34-10-14-11-35(33-20(14)12-34)42(37,38)16-6-7-39-13-16/h4-5,8,11,16,19,21-23H,6-7,9-10,12-13H2,1-3H3,(H,32,36)/t16?,19-,21+,22+,23-/m0/s1. The number of carbonyl (C=O) groups excluding carboxylic acids is 1. The van der Waals surface area contributed by atoms with Gasteiger partial charge in [0.25, 0.3) is 10.0 Å². The molecule has 2 fully saturated rings. The minimum Gasteiger partial charge on any atom is -0.444 e. The van der Waals surface area contributed by atoms with Crippen LogP contribution in [0.1, 0.15) is 56.5 Å². The Kier molecular flexibility index (Phi) is 8.04. The van der Waals surface area contributed by atoms with Crippen LogP contribution in [0, 0.1) is 11.6 Å². The highest BCUT2D eigenvalue weighted by Crippen LogP contribution is 2.43. The Morgan fingerprint density at radius 1 is 1.17 bits per heavy atom. The number of nitrogens with zero attached hydrogens (tertiary/aromatic N) is 3. The average Bonchev–Trinajstić information content (AvgIpc) is 3.61. The normalized spacial score (nSPS) is 27.2. The molecule has 1 unspecified atom stereocenters. The number of alkyl halides is 3. The number of hydrogen-bond donors (Lipinski definition) is 1. The van der Waals surface area contributed by atoms with Gasteiger partial charge in [0.1, 0.15) is 28.6 Å². The Labute approximate surface area is 239 Å². The zero-order valence-electron chi connectivity index (χ0n) is 23.0. The zero-order chi connectivity index (χ0) is 30.6. The fourth-order valence-corrected chi connectivity index (χ4v) is 6.97. The first-order valence-electron chi connectivity index (χ1n) is 13.3. The third kappa shape index (κ3) is 6.26. The maximum Gasteiger partial charge on any atom is 0.416 e. The summed E-state index contributed by atoms with van der Waals surface area (Å²) in [5.41, 5.74) is -0.714. The van der Waals surface area contributed by atoms with Crippen molar-refractivity contribution in [3.8, 4) is 0 Å². The molecule has 1 aromatic carbocycles. The Balaban J connectivity index is 1.43. The van der Waals surface area contributed by atoms with Crippen LogP contribution < -0.4 is 5.32 Å². The molecule has 0 bridgehead atoms. The summed E-state index contributed by atoms with van der Waals surface area (Å²) in [6.07, 6.45) is -8.80. The number of carbonyl (C=O) groups is 1. The molecule has 0 aliphatic carbocycles. The van der Waals surface area contributed by atoms with Crippen LogP contribution in [-0.4, -0.2) is 77.0 Å². The summed E-state index contributed by atoms with van der Waals surface area (Å²) in [7, 11) is -3.85. The largest absolute Gasteiger partial charge is 0.444 e. The van der Waals surface area contributed by atoms with E-state index in [1.165, 1.54) is 11.1 Å². The predicted molar refractivity (Wildman–Crippen MR) is 137 cm³/mol. The van der Waals surface area contributed by atoms with Gasteiger partial charge in [0.15, 0.2) is 6.10 Å². The van der Waals surface area contributed by atoms with Crippen molar-refractivity contribution in [2.24, 2.45) is 0 Å². The summed E-state index contributed by atoms with van der Waals surface area (Å²) in [6.45, 7) is 4.91. The van der Waals surface area contributed by atoms with E-state index in [-0.39, 0.29) is 31.8 Å². The molecule has 5 atom stereocenters. The zero-order valence-corrected chi connectivity index (χ0v) is 23.8. The van der Waals surface area contributed by atoms with Crippen molar-refractivity contribution in [2.75, 3.05) is 13.2 Å². The lowest BCUT2D eigenvalue weighted by atomic mass is 9.88. The summed E-state index contributed by atoms with van der Waals surface area (Å²) in [5, 5.41) is 5.88. The molecule has 5 rings (SSSR count). The molecular weight excluding hydrogens is 591 g/mol. The van der Waals surface area contributed by atoms with Crippen LogP contribution in [0.5, 0.6) is 0 Å². The van der Waals surface area contributed by atoms with Crippen LogP contribution in [0.2, 0.25) is 0 Å². The summed E-state index contributed by atoms with van der Waals surface area (Å²) < 4.78 is 115. The van der Waals surface area contributed by atoms with Crippen molar-refractivity contribution < 1.29 is 49.4 Å². The molecular formula is C26H31F5N4O6S. The van der Waals surface area contributed by atoms with Crippen LogP contribution in [0.15, 0.2) is 24.4 Å². The first-order valence-corrected chi connectivity index (χ1v) is 14.8. The van der Waals surface area contributed by atoms with Gasteiger partial charge in [-0.25, -0.2) is 22.0 Å². The number of alkyl carbamates (subject to hydrolysis) is 1. The van der Waals surface area contributed by atoms with E-state index in [0.29, 0.717) is 18.6 Å². The van der Waals surface area contributed by atoms with Crippen molar-refractivity contribution in [3.05, 3.63) is 52.9 Å². The molecule has 16 heteroatoms. The fraction of sp³-hybridized carbons (Fsp3) is 0.615. The highest BCUT2D eigenvalue weighted by Gasteiger charge is 2.55. The van der Waals surface area contributed by atoms with E-state index < -0.39 is 74.6 Å². The second-order valence-corrected chi connectivity index (χ2v) is 13.7. The van der Waals surface area contributed by atoms with Gasteiger partial charge >= 0.3 is 12.3 Å². The Hall–Kier alpha value is -2.82. The molecule has 0 spiro atoms. The van der Waals surface area contributed by atoms with E-state index in [9.17, 15) is 35.2 Å². The van der Waals surface area contributed by atoms with Crippen molar-refractivity contribution >= 4 is 16.1 Å². The molecule has 232 valence electrons. The summed E-state index contributed by atoms with van der Waals surface area (Å²) in [4.78, 5) is 14.1. The topological polar surface area (TPSA) is 112 Å². The van der Waals surface area contributed by atoms with Crippen molar-refractivity contribution in [3.63, 3.8) is 0 Å². The third-order valence-electron chi connectivity index (χ3n) is 7.41. The first kappa shape index (κ1) is 30.6. The van der Waals surface area contributed by atoms with E-state index in [0.717, 1.165) is 22.3 Å². The molecule has 2 saturated heterocycles. The number of ether oxygens (including phenoxy) is 3. The number of aromatic nitrogens is 2. The smallest absolute Gasteiger partial charge is 0.416 e. The number of hydrogen-bond acceptors (Lipinski definition) is 8. The van der Waals surface area contributed by atoms with Gasteiger partial charge in [-0.05, 0) is 51.8 Å². The number of rotatable bonds is 5. The van der Waals surface area contributed by atoms with E-state index in [4.69, 9.17) is 14.2 Å². The average molecular weight is 623 g/mol. The first-order chi connectivity index (χ1) is 19.5. The predicted octanol–water partition coefficient (Wildman–Crippen LogP) is 3.80. The van der Waals surface area contributed by atoms with Gasteiger partial charge in [-0.1, -0.05) is 0 Å². The van der Waals surface area contributed by atoms with Gasteiger partial charge in [0, 0.05) is 43.1 Å². The summed E-state index contributed by atoms with van der Waals surface area (Å²) >= 11 is 0. The van der Waals surface area contributed by atoms with Gasteiger partial charge < -0.3 is 19.5 Å². The fourth-order valence-electron chi connectivity index (χ4n) is 5.52. The van der Waals surface area contributed by atoms with Crippen LogP contribution in [-0.2, 0) is 37.3 Å². The third-order valence-corrected chi connectivity index (χ3v) is 9.34. The lowest BCUT2D eigenvalue weighted by Crippen LogP contribution is -2.59. The lowest BCUT2D eigenvalue weighted by Gasteiger charge is -2.45. The van der Waals surface area contributed by atoms with Gasteiger partial charge in [-0.2, -0.15) is 22.4 Å². The Morgan fingerprint density at radius 2 is 1.90 bits per heavy atom. The highest BCUT2D eigenvalue weighted by molar-refractivity contribution is 7.90. The van der Waals surface area contributed by atoms with Crippen LogP contribution in [0.4, 0.5) is 26.7 Å². The quantitative estimate of drug-likeness (QED) is 0.502. The molecule has 4 heterocycles. The van der Waals surface area contributed by atoms with Gasteiger partial charge in [0.2, 0.25) is 0 Å². The minimum atomic E-state index is -4.92. The maximum atomic E-state index is 14.8. The van der Waals surface area contributed by atoms with Crippen molar-refractivity contribution in [2.45, 2.75) is 88.0 Å². The molecule has 3 aliphatic rings. The molecule has 0 radical (unpaired) electrons. The monoisotopic (exact) mass is 622 g/mol. The number of fused-ring (bicyclic) bond motifs is 1. The summed E-state index contributed by atoms with van der Waals surface area (Å²) in [6, 6.07) is -0.294. The molecule has 1 amide bonds. The number of amides is 1. The SMILES string of the molecule is CC(C)(C)OC(=O)N[C@H]1C[C@@H](N2Cc3cn(S(=O)(=O)C4CCOC4)nc3C2)[C@@H](C(F)(F)F)O[C@@H]1c1cc(F)ccc1F. The molecule has 10 nitrogen and oxygen atoms in total. The van der Waals surface area contributed by atoms with Crippen molar-refractivity contribution in [1.29, 1.82) is 0 Å². The van der Waals surface area contributed by atoms with Gasteiger partial charge in [-0.3, -0.25) is 4.90 Å². The van der Waals surface area contributed by atoms with E-state index in [1.807, 2.05) is 0 Å². The van der Waals surface area contributed by atoms with E-state index >= 15 is 0 Å². The number of benzene rings is 1. The molecule has 0 saturated carbocycles. The Morgan fingerprint density at radius 3 is 2.52 bits per heavy atom. The van der Waals surface area contributed by atoms with Crippen LogP contribution in [0.3, 0.4) is 0 Å². The van der Waals surface area contributed by atoms with Gasteiger partial charge in [-0.15, -0.1) is 0 Å². The highest BCUT2D eigenvalue weighted by atomic mass is 32.2. The molecule has 2 aromatic rings. The molecule has 3 aliphatic heterocycles. The van der Waals surface area contributed by atoms with E-state index in [2.05, 4.69) is 10.4 Å². The van der Waals surface area contributed by atoms with Gasteiger partial charge in [0.05, 0.1) is 18.3 Å². The van der Waals surface area contributed by atoms with E-state index in [1.54, 1.807) is 20.8 Å². The van der Waals surface area contributed by atoms with Crippen LogP contribution in [0.25, 0.3) is 0 Å². The second-order valence-electron chi connectivity index (χ2n) is 11.6. The number of halogens is 5. The minimum absolute atomic E-state index is 0.0325. The van der Waals surface area contributed by atoms with Crippen molar-refractivity contribution in [1.82, 2.24) is 19.4 Å². The molecule has 1 aromatic heterocycles. The molecule has 1 N–H and O–H groups in total. The molecule has 42 heavy (non-hydrogen) atoms. The number of nitrogens with one attached hydrogen (secondary N) is 1. The van der Waals surface area contributed by atoms with Crippen LogP contribution >= 0.6 is 0 Å². The summed E-state index contributed by atoms with van der Waals surface area (Å²) in [5.74, 6) is -1.89.